The quantitative estimate of drug-likeness (QED) is 0.191. The van der Waals surface area contributed by atoms with Gasteiger partial charge in [0.05, 0.1) is 44.9 Å². The van der Waals surface area contributed by atoms with Gasteiger partial charge in [-0.05, 0) is 71.3 Å². The molecule has 0 unspecified atom stereocenters. The third-order valence-corrected chi connectivity index (χ3v) is 9.43. The number of H-pyrrole nitrogens is 1. The first-order chi connectivity index (χ1) is 25.7. The maximum atomic E-state index is 6.58. The third-order valence-electron chi connectivity index (χ3n) is 9.43. The fourth-order valence-corrected chi connectivity index (χ4v) is 7.18. The first-order valence-corrected chi connectivity index (χ1v) is 17.1. The monoisotopic (exact) mass is 662 g/mol. The number of aromatic amines is 1. The summed E-state index contributed by atoms with van der Waals surface area (Å²) in [5, 5.41) is 0. The van der Waals surface area contributed by atoms with Gasteiger partial charge in [0, 0.05) is 33.5 Å². The molecule has 5 heterocycles. The molecule has 4 aromatic carbocycles. The second-order valence-electron chi connectivity index (χ2n) is 12.6. The maximum absolute atomic E-state index is 6.58. The lowest BCUT2D eigenvalue weighted by molar-refractivity contribution is 1.17. The number of para-hydroxylation sites is 1. The molecule has 0 saturated heterocycles. The van der Waals surface area contributed by atoms with Crippen LogP contribution in [0.2, 0.25) is 0 Å². The fraction of sp³-hybridized carbons (Fsp3) is 0. The van der Waals surface area contributed by atoms with Crippen LogP contribution in [0, 0.1) is 24.7 Å². The van der Waals surface area contributed by atoms with Crippen molar-refractivity contribution < 1.29 is 0 Å². The van der Waals surface area contributed by atoms with Crippen molar-refractivity contribution in [3.8, 4) is 52.6 Å². The average molecular weight is 663 g/mol. The molecule has 2 aliphatic rings. The van der Waals surface area contributed by atoms with Gasteiger partial charge in [0.25, 0.3) is 0 Å². The van der Waals surface area contributed by atoms with Gasteiger partial charge >= 0.3 is 0 Å². The Morgan fingerprint density at radius 3 is 1.79 bits per heavy atom. The van der Waals surface area contributed by atoms with Gasteiger partial charge in [-0.1, -0.05) is 121 Å². The molecule has 52 heavy (non-hydrogen) atoms. The van der Waals surface area contributed by atoms with Crippen molar-refractivity contribution in [3.63, 3.8) is 0 Å². The summed E-state index contributed by atoms with van der Waals surface area (Å²) in [5.74, 6) is 6.00. The molecule has 242 valence electrons. The minimum absolute atomic E-state index is 0.749. The van der Waals surface area contributed by atoms with E-state index in [1.165, 1.54) is 0 Å². The van der Waals surface area contributed by atoms with E-state index >= 15 is 0 Å². The summed E-state index contributed by atoms with van der Waals surface area (Å²) >= 11 is 0. The van der Waals surface area contributed by atoms with E-state index in [1.807, 2.05) is 54.6 Å². The number of nitrogens with zero attached hydrogens (tertiary/aromatic N) is 3. The van der Waals surface area contributed by atoms with Crippen LogP contribution in [-0.2, 0) is 0 Å². The van der Waals surface area contributed by atoms with Crippen molar-refractivity contribution in [1.29, 1.82) is 0 Å². The molecule has 9 rings (SSSR count). The molecular weight excluding hydrogens is 633 g/mol. The van der Waals surface area contributed by atoms with Crippen molar-refractivity contribution in [1.82, 2.24) is 19.5 Å². The first kappa shape index (κ1) is 30.6. The van der Waals surface area contributed by atoms with E-state index < -0.39 is 0 Å². The van der Waals surface area contributed by atoms with Crippen molar-refractivity contribution in [2.45, 2.75) is 0 Å². The zero-order chi connectivity index (χ0) is 35.0. The molecule has 1 N–H and O–H groups in total. The van der Waals surface area contributed by atoms with Crippen LogP contribution in [-0.4, -0.2) is 19.5 Å². The van der Waals surface area contributed by atoms with Gasteiger partial charge in [0.15, 0.2) is 0 Å². The molecule has 4 heteroatoms. The average Bonchev–Trinajstić information content (AvgIpc) is 3.98. The molecule has 4 nitrogen and oxygen atoms in total. The molecule has 3 aromatic heterocycles. The van der Waals surface area contributed by atoms with Crippen LogP contribution in [0.4, 0.5) is 0 Å². The summed E-state index contributed by atoms with van der Waals surface area (Å²) in [6, 6.07) is 49.7. The summed E-state index contributed by atoms with van der Waals surface area (Å²) in [6.45, 7) is 0. The zero-order valence-electron chi connectivity index (χ0n) is 28.1. The Labute approximate surface area is 302 Å². The highest BCUT2D eigenvalue weighted by atomic mass is 15.0. The maximum Gasteiger partial charge on any atom is 0.0815 e. The normalized spacial score (nSPS) is 11.8. The minimum atomic E-state index is 0.749. The van der Waals surface area contributed by atoms with E-state index in [9.17, 15) is 0 Å². The molecule has 0 saturated carbocycles. The van der Waals surface area contributed by atoms with Gasteiger partial charge in [-0.2, -0.15) is 0 Å². The number of rotatable bonds is 4. The van der Waals surface area contributed by atoms with Gasteiger partial charge < -0.3 is 9.55 Å². The lowest BCUT2D eigenvalue weighted by Gasteiger charge is -2.15. The van der Waals surface area contributed by atoms with Crippen molar-refractivity contribution in [2.75, 3.05) is 0 Å². The minimum Gasteiger partial charge on any atom is -0.354 e. The van der Waals surface area contributed by atoms with Crippen LogP contribution in [0.15, 0.2) is 146 Å². The van der Waals surface area contributed by atoms with Gasteiger partial charge in [0.2, 0.25) is 0 Å². The molecule has 2 aliphatic heterocycles. The van der Waals surface area contributed by atoms with Crippen LogP contribution in [0.1, 0.15) is 39.5 Å². The summed E-state index contributed by atoms with van der Waals surface area (Å²) in [7, 11) is 0. The van der Waals surface area contributed by atoms with Crippen LogP contribution in [0.5, 0.6) is 0 Å². The number of nitrogens with one attached hydrogen (secondary N) is 1. The van der Waals surface area contributed by atoms with Crippen LogP contribution in [0.3, 0.4) is 0 Å². The largest absolute Gasteiger partial charge is 0.354 e. The summed E-state index contributed by atoms with van der Waals surface area (Å²) in [5.41, 5.74) is 15.0. The Balaban J connectivity index is 1.61. The SMILES string of the molecule is C#Cc1cc2cc3nc(cc4c(C#C)c(-c5ccccc5)c(c(-c5ccccc5)c5nc(cc1[nH]2)C=C5c1ccccc1)n4-c1ccccc1)C=C3. The summed E-state index contributed by atoms with van der Waals surface area (Å²) < 4.78 is 2.28. The third kappa shape index (κ3) is 5.33. The van der Waals surface area contributed by atoms with Gasteiger partial charge in [-0.15, -0.1) is 12.8 Å². The highest BCUT2D eigenvalue weighted by Gasteiger charge is 2.26. The van der Waals surface area contributed by atoms with E-state index in [0.717, 1.165) is 95.0 Å². The van der Waals surface area contributed by atoms with E-state index in [4.69, 9.17) is 22.8 Å². The Morgan fingerprint density at radius 1 is 0.558 bits per heavy atom. The number of hydrogen-bond donors (Lipinski definition) is 1. The lowest BCUT2D eigenvalue weighted by atomic mass is 9.92. The number of aromatic nitrogens is 4. The molecule has 7 aromatic rings. The Hall–Kier alpha value is -7.40. The van der Waals surface area contributed by atoms with Gasteiger partial charge in [-0.3, -0.25) is 0 Å². The number of terminal acetylenes is 2. The predicted molar refractivity (Wildman–Crippen MR) is 215 cm³/mol. The standard InChI is InChI=1S/C48H30N4/c1-3-32-27-38-28-36-25-26-37(49-36)31-44-41(4-2)45(34-19-11-6-12-20-34)48(52(44)40-23-15-8-16-24-40)46(35-21-13-7-14-22-35)47-42(33-17-9-5-10-18-33)29-39(51-47)30-43(32)50-38/h1-2,5-31,50H. The molecular formula is C48H30N4. The highest BCUT2D eigenvalue weighted by molar-refractivity contribution is 6.08. The second-order valence-corrected chi connectivity index (χ2v) is 12.6. The Kier molecular flexibility index (Phi) is 7.55. The van der Waals surface area contributed by atoms with Crippen molar-refractivity contribution in [2.24, 2.45) is 0 Å². The van der Waals surface area contributed by atoms with E-state index in [1.54, 1.807) is 0 Å². The van der Waals surface area contributed by atoms with Gasteiger partial charge in [-0.25, -0.2) is 9.97 Å². The molecule has 0 atom stereocenters. The summed E-state index contributed by atoms with van der Waals surface area (Å²) in [6.07, 6.45) is 18.8. The van der Waals surface area contributed by atoms with Crippen molar-refractivity contribution in [3.05, 3.63) is 185 Å². The summed E-state index contributed by atoms with van der Waals surface area (Å²) in [4.78, 5) is 14.0. The molecule has 0 radical (unpaired) electrons. The molecule has 0 amide bonds. The lowest BCUT2D eigenvalue weighted by Crippen LogP contribution is -1.98. The van der Waals surface area contributed by atoms with E-state index in [2.05, 4.69) is 131 Å². The zero-order valence-corrected chi connectivity index (χ0v) is 28.1. The molecule has 0 aliphatic carbocycles. The molecule has 0 spiro atoms. The topological polar surface area (TPSA) is 46.5 Å². The molecule has 8 bridgehead atoms. The van der Waals surface area contributed by atoms with E-state index in [0.29, 0.717) is 0 Å². The second kappa shape index (κ2) is 12.8. The molecule has 0 fully saturated rings. The predicted octanol–water partition coefficient (Wildman–Crippen LogP) is 10.8. The van der Waals surface area contributed by atoms with Gasteiger partial charge in [0.1, 0.15) is 0 Å². The van der Waals surface area contributed by atoms with Crippen LogP contribution < -0.4 is 0 Å². The smallest absolute Gasteiger partial charge is 0.0815 e. The van der Waals surface area contributed by atoms with Crippen LogP contribution in [0.25, 0.3) is 73.8 Å². The number of benzene rings is 4. The van der Waals surface area contributed by atoms with Crippen LogP contribution >= 0.6 is 0 Å². The Bertz CT molecular complexity index is 2820. The fourth-order valence-electron chi connectivity index (χ4n) is 7.18. The number of fused-ring (bicyclic) bond motifs is 8. The Morgan fingerprint density at radius 2 is 1.15 bits per heavy atom. The van der Waals surface area contributed by atoms with Crippen molar-refractivity contribution >= 4 is 45.9 Å². The number of hydrogen-bond acceptors (Lipinski definition) is 2. The van der Waals surface area contributed by atoms with E-state index in [-0.39, 0.29) is 0 Å². The highest BCUT2D eigenvalue weighted by Crippen LogP contribution is 2.45. The first-order valence-electron chi connectivity index (χ1n) is 17.1.